The van der Waals surface area contributed by atoms with E-state index < -0.39 is 33.7 Å². The molecule has 3 amide bonds. The predicted molar refractivity (Wildman–Crippen MR) is 144 cm³/mol. The molecule has 0 fully saturated rings. The third-order valence-corrected chi connectivity index (χ3v) is 7.65. The van der Waals surface area contributed by atoms with Gasteiger partial charge in [-0.05, 0) is 54.4 Å². The number of amides is 3. The van der Waals surface area contributed by atoms with Crippen LogP contribution >= 0.6 is 11.6 Å². The highest BCUT2D eigenvalue weighted by Gasteiger charge is 2.34. The van der Waals surface area contributed by atoms with E-state index in [-0.39, 0.29) is 38.5 Å². The van der Waals surface area contributed by atoms with Crippen molar-refractivity contribution in [1.29, 1.82) is 0 Å². The third kappa shape index (κ3) is 7.42. The maximum absolute atomic E-state index is 13.2. The Labute approximate surface area is 236 Å². The molecule has 0 spiro atoms. The highest BCUT2D eigenvalue weighted by molar-refractivity contribution is 7.90. The predicted octanol–water partition coefficient (Wildman–Crippen LogP) is 3.16. The number of esters is 1. The van der Waals surface area contributed by atoms with E-state index in [0.29, 0.717) is 23.4 Å². The molecule has 3 aromatic rings. The second-order valence-corrected chi connectivity index (χ2v) is 10.6. The van der Waals surface area contributed by atoms with Crippen LogP contribution in [0.4, 0.5) is 0 Å². The lowest BCUT2D eigenvalue weighted by molar-refractivity contribution is -0.142. The van der Waals surface area contributed by atoms with Crippen molar-refractivity contribution in [3.05, 3.63) is 88.2 Å². The fourth-order valence-corrected chi connectivity index (χ4v) is 5.06. The summed E-state index contributed by atoms with van der Waals surface area (Å²) in [7, 11) is -3.06. The summed E-state index contributed by atoms with van der Waals surface area (Å²) in [5.74, 6) is -2.51. The van der Waals surface area contributed by atoms with Crippen LogP contribution < -0.4 is 10.1 Å². The van der Waals surface area contributed by atoms with Crippen molar-refractivity contribution < 1.29 is 37.1 Å². The van der Waals surface area contributed by atoms with Gasteiger partial charge in [0, 0.05) is 26.6 Å². The van der Waals surface area contributed by atoms with Crippen LogP contribution in [-0.4, -0.2) is 55.1 Å². The minimum absolute atomic E-state index is 0.122. The molecule has 0 saturated carbocycles. The number of sulfonamides is 1. The zero-order valence-corrected chi connectivity index (χ0v) is 23.4. The van der Waals surface area contributed by atoms with Crippen LogP contribution in [0.25, 0.3) is 0 Å². The molecule has 2 aromatic carbocycles. The van der Waals surface area contributed by atoms with Crippen LogP contribution in [0.2, 0.25) is 5.02 Å². The number of benzene rings is 2. The van der Waals surface area contributed by atoms with Gasteiger partial charge in [-0.1, -0.05) is 23.7 Å². The Morgan fingerprint density at radius 1 is 1.00 bits per heavy atom. The van der Waals surface area contributed by atoms with Gasteiger partial charge in [-0.3, -0.25) is 24.2 Å². The first-order valence-electron chi connectivity index (χ1n) is 11.8. The van der Waals surface area contributed by atoms with E-state index in [2.05, 4.69) is 10.3 Å². The largest absolute Gasteiger partial charge is 0.497 e. The maximum atomic E-state index is 13.2. The van der Waals surface area contributed by atoms with Gasteiger partial charge >= 0.3 is 5.97 Å². The number of carbonyl (C=O) groups excluding carboxylic acids is 4. The fourth-order valence-electron chi connectivity index (χ4n) is 3.51. The summed E-state index contributed by atoms with van der Waals surface area (Å²) < 4.78 is 36.5. The molecule has 0 aliphatic heterocycles. The SMILES string of the molecule is COc1ccc(Cl)c(C(=O)NCCc2ccc(S(=O)(=O)N(C(C)=O)C(=O)c3ccc(COC(C)=O)nc3)cc2)c1. The minimum Gasteiger partial charge on any atom is -0.497 e. The number of nitrogens with one attached hydrogen (secondary N) is 1. The van der Waals surface area contributed by atoms with Gasteiger partial charge in [0.25, 0.3) is 21.8 Å². The highest BCUT2D eigenvalue weighted by atomic mass is 35.5. The Morgan fingerprint density at radius 3 is 2.27 bits per heavy atom. The Balaban J connectivity index is 1.68. The number of imide groups is 1. The molecule has 40 heavy (non-hydrogen) atoms. The molecular formula is C27H26ClN3O8S. The average molecular weight is 588 g/mol. The lowest BCUT2D eigenvalue weighted by Crippen LogP contribution is -2.40. The monoisotopic (exact) mass is 587 g/mol. The first-order valence-corrected chi connectivity index (χ1v) is 13.6. The Morgan fingerprint density at radius 2 is 1.70 bits per heavy atom. The van der Waals surface area contributed by atoms with Crippen molar-refractivity contribution in [2.75, 3.05) is 13.7 Å². The van der Waals surface area contributed by atoms with Crippen LogP contribution in [-0.2, 0) is 37.4 Å². The summed E-state index contributed by atoms with van der Waals surface area (Å²) >= 11 is 6.10. The topological polar surface area (TPSA) is 149 Å². The molecule has 13 heteroatoms. The summed E-state index contributed by atoms with van der Waals surface area (Å²) in [6, 6.07) is 13.0. The molecule has 0 bridgehead atoms. The van der Waals surface area contributed by atoms with E-state index in [1.807, 2.05) is 0 Å². The number of rotatable bonds is 10. The van der Waals surface area contributed by atoms with Gasteiger partial charge in [0.2, 0.25) is 5.91 Å². The smallest absolute Gasteiger partial charge is 0.303 e. The van der Waals surface area contributed by atoms with Crippen molar-refractivity contribution in [3.8, 4) is 5.75 Å². The zero-order valence-electron chi connectivity index (χ0n) is 21.8. The van der Waals surface area contributed by atoms with E-state index >= 15 is 0 Å². The number of aromatic nitrogens is 1. The molecule has 0 saturated heterocycles. The van der Waals surface area contributed by atoms with Gasteiger partial charge in [-0.15, -0.1) is 0 Å². The molecule has 0 aliphatic rings. The number of nitrogens with zero attached hydrogens (tertiary/aromatic N) is 2. The van der Waals surface area contributed by atoms with Crippen LogP contribution in [0.3, 0.4) is 0 Å². The molecule has 0 unspecified atom stereocenters. The van der Waals surface area contributed by atoms with Gasteiger partial charge in [0.05, 0.1) is 33.8 Å². The van der Waals surface area contributed by atoms with Crippen LogP contribution in [0, 0.1) is 0 Å². The highest BCUT2D eigenvalue weighted by Crippen LogP contribution is 2.22. The second kappa shape index (κ2) is 13.2. The number of hydrogen-bond donors (Lipinski definition) is 1. The van der Waals surface area contributed by atoms with E-state index in [9.17, 15) is 27.6 Å². The lowest BCUT2D eigenvalue weighted by atomic mass is 10.1. The Bertz CT molecular complexity index is 1520. The zero-order chi connectivity index (χ0) is 29.4. The number of halogens is 1. The number of pyridine rings is 1. The molecule has 0 atom stereocenters. The van der Waals surface area contributed by atoms with Gasteiger partial charge in [-0.2, -0.15) is 4.31 Å². The van der Waals surface area contributed by atoms with Crippen molar-refractivity contribution in [3.63, 3.8) is 0 Å². The maximum Gasteiger partial charge on any atom is 0.303 e. The van der Waals surface area contributed by atoms with E-state index in [1.165, 1.54) is 56.5 Å². The number of carbonyl (C=O) groups is 4. The van der Waals surface area contributed by atoms with Gasteiger partial charge in [-0.25, -0.2) is 8.42 Å². The number of hydrogen-bond acceptors (Lipinski definition) is 9. The van der Waals surface area contributed by atoms with Crippen molar-refractivity contribution in [1.82, 2.24) is 14.6 Å². The van der Waals surface area contributed by atoms with Gasteiger partial charge < -0.3 is 14.8 Å². The number of methoxy groups -OCH3 is 1. The van der Waals surface area contributed by atoms with Crippen LogP contribution in [0.15, 0.2) is 65.7 Å². The summed E-state index contributed by atoms with van der Waals surface area (Å²) in [6.07, 6.45) is 1.47. The van der Waals surface area contributed by atoms with Crippen LogP contribution in [0.1, 0.15) is 45.8 Å². The Kier molecular flexibility index (Phi) is 9.97. The lowest BCUT2D eigenvalue weighted by Gasteiger charge is -2.19. The molecule has 1 N–H and O–H groups in total. The number of ether oxygens (including phenoxy) is 2. The molecule has 0 radical (unpaired) electrons. The van der Waals surface area contributed by atoms with Crippen molar-refractivity contribution in [2.45, 2.75) is 31.8 Å². The summed E-state index contributed by atoms with van der Waals surface area (Å²) in [4.78, 5) is 52.4. The first kappa shape index (κ1) is 30.3. The first-order chi connectivity index (χ1) is 18.9. The summed E-state index contributed by atoms with van der Waals surface area (Å²) in [5, 5.41) is 3.01. The molecule has 1 heterocycles. The quantitative estimate of drug-likeness (QED) is 0.353. The molecular weight excluding hydrogens is 562 g/mol. The van der Waals surface area contributed by atoms with Gasteiger partial charge in [0.15, 0.2) is 0 Å². The summed E-state index contributed by atoms with van der Waals surface area (Å²) in [6.45, 7) is 2.31. The summed E-state index contributed by atoms with van der Waals surface area (Å²) in [5.41, 5.74) is 1.14. The molecule has 11 nitrogen and oxygen atoms in total. The normalized spacial score (nSPS) is 10.9. The second-order valence-electron chi connectivity index (χ2n) is 8.41. The van der Waals surface area contributed by atoms with Crippen molar-refractivity contribution in [2.24, 2.45) is 0 Å². The van der Waals surface area contributed by atoms with Crippen molar-refractivity contribution >= 4 is 45.3 Å². The molecule has 0 aliphatic carbocycles. The Hall–Kier alpha value is -4.29. The standard InChI is InChI=1S/C27H26ClN3O8S/c1-17(32)31(27(35)20-6-7-21(30-15-20)16-39-18(2)33)40(36,37)23-9-4-19(5-10-23)12-13-29-26(34)24-14-22(38-3)8-11-25(24)28/h4-11,14-15H,12-13,16H2,1-3H3,(H,29,34). The van der Waals surface area contributed by atoms with E-state index in [0.717, 1.165) is 13.1 Å². The van der Waals surface area contributed by atoms with Crippen LogP contribution in [0.5, 0.6) is 5.75 Å². The third-order valence-electron chi connectivity index (χ3n) is 5.54. The average Bonchev–Trinajstić information content (AvgIpc) is 2.92. The van der Waals surface area contributed by atoms with Gasteiger partial charge in [0.1, 0.15) is 12.4 Å². The van der Waals surface area contributed by atoms with E-state index in [1.54, 1.807) is 12.1 Å². The minimum atomic E-state index is -4.54. The van der Waals surface area contributed by atoms with E-state index in [4.69, 9.17) is 21.1 Å². The fraction of sp³-hybridized carbons (Fsp3) is 0.222. The molecule has 210 valence electrons. The molecule has 3 rings (SSSR count). The molecule has 1 aromatic heterocycles.